The summed E-state index contributed by atoms with van der Waals surface area (Å²) in [6.45, 7) is 1.97. The van der Waals surface area contributed by atoms with Gasteiger partial charge in [0.1, 0.15) is 0 Å². The Hall–Kier alpha value is -1.43. The molecule has 1 atom stereocenters. The van der Waals surface area contributed by atoms with Crippen molar-refractivity contribution in [1.82, 2.24) is 5.32 Å². The van der Waals surface area contributed by atoms with Crippen LogP contribution in [-0.4, -0.2) is 25.0 Å². The van der Waals surface area contributed by atoms with E-state index in [0.717, 1.165) is 18.7 Å². The number of hydrogen-bond acceptors (Lipinski definition) is 4. The van der Waals surface area contributed by atoms with Gasteiger partial charge in [-0.15, -0.1) is 0 Å². The third-order valence-corrected chi connectivity index (χ3v) is 3.10. The number of benzene rings is 1. The fourth-order valence-corrected chi connectivity index (χ4v) is 2.03. The van der Waals surface area contributed by atoms with Crippen molar-refractivity contribution in [3.63, 3.8) is 0 Å². The third kappa shape index (κ3) is 3.29. The molecule has 0 saturated heterocycles. The lowest BCUT2D eigenvalue weighted by atomic mass is 10.0. The first-order chi connectivity index (χ1) is 8.69. The Morgan fingerprint density at radius 2 is 2.22 bits per heavy atom. The van der Waals surface area contributed by atoms with Crippen LogP contribution in [0.15, 0.2) is 18.2 Å². The Labute approximate surface area is 107 Å². The zero-order valence-corrected chi connectivity index (χ0v) is 10.4. The summed E-state index contributed by atoms with van der Waals surface area (Å²) in [5, 5.41) is 6.15. The number of aryl methyl sites for hydroxylation is 1. The smallest absolute Gasteiger partial charge is 0.224 e. The summed E-state index contributed by atoms with van der Waals surface area (Å²) in [5.74, 6) is 0.0993. The predicted octanol–water partition coefficient (Wildman–Crippen LogP) is -0.0531. The monoisotopic (exact) mass is 248 g/mol. The Bertz CT molecular complexity index is 433. The summed E-state index contributed by atoms with van der Waals surface area (Å²) in [5.41, 5.74) is 14.5. The van der Waals surface area contributed by atoms with E-state index in [0.29, 0.717) is 19.5 Å². The van der Waals surface area contributed by atoms with E-state index in [1.807, 2.05) is 12.1 Å². The molecule has 5 nitrogen and oxygen atoms in total. The van der Waals surface area contributed by atoms with Crippen LogP contribution in [0.1, 0.15) is 17.5 Å². The van der Waals surface area contributed by atoms with Crippen molar-refractivity contribution in [2.75, 3.05) is 18.4 Å². The Balaban J connectivity index is 1.93. The van der Waals surface area contributed by atoms with E-state index in [1.54, 1.807) is 0 Å². The van der Waals surface area contributed by atoms with Crippen LogP contribution in [0.5, 0.6) is 0 Å². The van der Waals surface area contributed by atoms with Gasteiger partial charge >= 0.3 is 0 Å². The van der Waals surface area contributed by atoms with Crippen molar-refractivity contribution in [3.05, 3.63) is 29.3 Å². The molecule has 1 amide bonds. The normalized spacial score (nSPS) is 16.0. The van der Waals surface area contributed by atoms with E-state index < -0.39 is 0 Å². The maximum atomic E-state index is 11.2. The van der Waals surface area contributed by atoms with Crippen molar-refractivity contribution in [2.24, 2.45) is 11.5 Å². The highest BCUT2D eigenvalue weighted by Gasteiger charge is 2.14. The average molecular weight is 248 g/mol. The summed E-state index contributed by atoms with van der Waals surface area (Å²) >= 11 is 0. The molecular formula is C13H20N4O. The number of carbonyl (C=O) groups excluding carboxylic acids is 1. The van der Waals surface area contributed by atoms with Gasteiger partial charge in [0, 0.05) is 37.8 Å². The standard InChI is InChI=1S/C13H20N4O/c14-6-11(15)8-16-7-9-1-3-12-10(5-9)2-4-13(18)17-12/h1,3,5,11,16H,2,4,6-8,14-15H2,(H,17,18). The van der Waals surface area contributed by atoms with Crippen LogP contribution in [-0.2, 0) is 17.8 Å². The minimum Gasteiger partial charge on any atom is -0.329 e. The first-order valence-corrected chi connectivity index (χ1v) is 6.27. The second-order valence-electron chi connectivity index (χ2n) is 4.67. The lowest BCUT2D eigenvalue weighted by molar-refractivity contribution is -0.116. The molecule has 0 saturated carbocycles. The van der Waals surface area contributed by atoms with Crippen molar-refractivity contribution in [1.29, 1.82) is 0 Å². The zero-order valence-electron chi connectivity index (χ0n) is 10.4. The number of nitrogens with two attached hydrogens (primary N) is 2. The van der Waals surface area contributed by atoms with Crippen LogP contribution >= 0.6 is 0 Å². The van der Waals surface area contributed by atoms with Gasteiger partial charge in [-0.1, -0.05) is 12.1 Å². The molecule has 5 heteroatoms. The second-order valence-corrected chi connectivity index (χ2v) is 4.67. The molecule has 0 aliphatic carbocycles. The Kier molecular flexibility index (Phi) is 4.30. The molecule has 1 aromatic carbocycles. The van der Waals surface area contributed by atoms with Crippen LogP contribution in [0.25, 0.3) is 0 Å². The number of rotatable bonds is 5. The molecule has 0 fully saturated rings. The summed E-state index contributed by atoms with van der Waals surface area (Å²) in [7, 11) is 0. The van der Waals surface area contributed by atoms with Crippen molar-refractivity contribution >= 4 is 11.6 Å². The van der Waals surface area contributed by atoms with Gasteiger partial charge in [-0.2, -0.15) is 0 Å². The molecular weight excluding hydrogens is 228 g/mol. The lowest BCUT2D eigenvalue weighted by Gasteiger charge is -2.18. The summed E-state index contributed by atoms with van der Waals surface area (Å²) < 4.78 is 0. The average Bonchev–Trinajstić information content (AvgIpc) is 2.38. The molecule has 1 unspecified atom stereocenters. The summed E-state index contributed by atoms with van der Waals surface area (Å²) in [4.78, 5) is 11.2. The number of hydrogen-bond donors (Lipinski definition) is 4. The molecule has 0 bridgehead atoms. The van der Waals surface area contributed by atoms with Gasteiger partial charge in [0.15, 0.2) is 0 Å². The maximum absolute atomic E-state index is 11.2. The van der Waals surface area contributed by atoms with Crippen LogP contribution in [0.2, 0.25) is 0 Å². The number of amides is 1. The van der Waals surface area contributed by atoms with Gasteiger partial charge < -0.3 is 22.1 Å². The van der Waals surface area contributed by atoms with E-state index >= 15 is 0 Å². The minimum absolute atomic E-state index is 0.00177. The summed E-state index contributed by atoms with van der Waals surface area (Å²) in [6.07, 6.45) is 1.39. The van der Waals surface area contributed by atoms with E-state index in [4.69, 9.17) is 11.5 Å². The van der Waals surface area contributed by atoms with Gasteiger partial charge in [0.25, 0.3) is 0 Å². The van der Waals surface area contributed by atoms with Crippen molar-refractivity contribution in [3.8, 4) is 0 Å². The van der Waals surface area contributed by atoms with E-state index in [2.05, 4.69) is 16.7 Å². The van der Waals surface area contributed by atoms with Gasteiger partial charge in [-0.3, -0.25) is 4.79 Å². The highest BCUT2D eigenvalue weighted by molar-refractivity contribution is 5.93. The first-order valence-electron chi connectivity index (χ1n) is 6.27. The molecule has 0 spiro atoms. The number of carbonyl (C=O) groups is 1. The lowest BCUT2D eigenvalue weighted by Crippen LogP contribution is -2.39. The topological polar surface area (TPSA) is 93.2 Å². The van der Waals surface area contributed by atoms with Crippen LogP contribution < -0.4 is 22.1 Å². The van der Waals surface area contributed by atoms with Crippen LogP contribution in [0, 0.1) is 0 Å². The van der Waals surface area contributed by atoms with Crippen molar-refractivity contribution < 1.29 is 4.79 Å². The molecule has 18 heavy (non-hydrogen) atoms. The molecule has 1 aliphatic rings. The van der Waals surface area contributed by atoms with E-state index in [1.165, 1.54) is 11.1 Å². The molecule has 6 N–H and O–H groups in total. The SMILES string of the molecule is NCC(N)CNCc1ccc2c(c1)CCC(=O)N2. The highest BCUT2D eigenvalue weighted by atomic mass is 16.1. The molecule has 1 aromatic rings. The summed E-state index contributed by atoms with van der Waals surface area (Å²) in [6, 6.07) is 6.12. The molecule has 1 aliphatic heterocycles. The molecule has 2 rings (SSSR count). The molecule has 98 valence electrons. The highest BCUT2D eigenvalue weighted by Crippen LogP contribution is 2.23. The van der Waals surface area contributed by atoms with E-state index in [-0.39, 0.29) is 11.9 Å². The molecule has 0 radical (unpaired) electrons. The van der Waals surface area contributed by atoms with Gasteiger partial charge in [-0.05, 0) is 23.6 Å². The van der Waals surface area contributed by atoms with Gasteiger partial charge in [-0.25, -0.2) is 0 Å². The Morgan fingerprint density at radius 3 is 3.00 bits per heavy atom. The van der Waals surface area contributed by atoms with Crippen LogP contribution in [0.4, 0.5) is 5.69 Å². The number of anilines is 1. The number of fused-ring (bicyclic) bond motifs is 1. The maximum Gasteiger partial charge on any atom is 0.224 e. The first kappa shape index (κ1) is 13.0. The Morgan fingerprint density at radius 1 is 1.39 bits per heavy atom. The van der Waals surface area contributed by atoms with Gasteiger partial charge in [0.05, 0.1) is 0 Å². The molecule has 1 heterocycles. The minimum atomic E-state index is 0.00177. The molecule has 0 aromatic heterocycles. The van der Waals surface area contributed by atoms with Crippen LogP contribution in [0.3, 0.4) is 0 Å². The quantitative estimate of drug-likeness (QED) is 0.587. The van der Waals surface area contributed by atoms with E-state index in [9.17, 15) is 4.79 Å². The predicted molar refractivity (Wildman–Crippen MR) is 72.1 cm³/mol. The second kappa shape index (κ2) is 5.95. The largest absolute Gasteiger partial charge is 0.329 e. The fourth-order valence-electron chi connectivity index (χ4n) is 2.03. The zero-order chi connectivity index (χ0) is 13.0. The third-order valence-electron chi connectivity index (χ3n) is 3.10. The van der Waals surface area contributed by atoms with Gasteiger partial charge in [0.2, 0.25) is 5.91 Å². The number of nitrogens with one attached hydrogen (secondary N) is 2. The van der Waals surface area contributed by atoms with Crippen molar-refractivity contribution in [2.45, 2.75) is 25.4 Å². The fraction of sp³-hybridized carbons (Fsp3) is 0.462.